The van der Waals surface area contributed by atoms with Crippen molar-refractivity contribution in [3.8, 4) is 0 Å². The Morgan fingerprint density at radius 2 is 1.83 bits per heavy atom. The highest BCUT2D eigenvalue weighted by atomic mass is 19.4. The molecule has 0 aliphatic heterocycles. The minimum absolute atomic E-state index is 0.0281. The maximum absolute atomic E-state index is 12.9. The Bertz CT molecular complexity index is 374. The zero-order chi connectivity index (χ0) is 13.2. The lowest BCUT2D eigenvalue weighted by molar-refractivity contribution is -0.184. The molecule has 1 aliphatic carbocycles. The van der Waals surface area contributed by atoms with E-state index in [2.05, 4.69) is 0 Å². The molecule has 2 nitrogen and oxygen atoms in total. The number of benzene rings is 1. The zero-order valence-corrected chi connectivity index (χ0v) is 10.0. The van der Waals surface area contributed by atoms with Crippen LogP contribution in [0.3, 0.4) is 0 Å². The van der Waals surface area contributed by atoms with E-state index in [1.165, 1.54) is 4.90 Å². The van der Waals surface area contributed by atoms with E-state index in [1.807, 2.05) is 30.3 Å². The predicted molar refractivity (Wildman–Crippen MR) is 63.9 cm³/mol. The zero-order valence-electron chi connectivity index (χ0n) is 10.0. The first kappa shape index (κ1) is 13.4. The van der Waals surface area contributed by atoms with E-state index in [0.29, 0.717) is 6.54 Å². The minimum atomic E-state index is -4.26. The molecule has 0 spiro atoms. The van der Waals surface area contributed by atoms with Gasteiger partial charge in [-0.3, -0.25) is 4.90 Å². The molecule has 1 fully saturated rings. The summed E-state index contributed by atoms with van der Waals surface area (Å²) < 4.78 is 38.8. The average molecular weight is 258 g/mol. The quantitative estimate of drug-likeness (QED) is 0.879. The first-order valence-electron chi connectivity index (χ1n) is 6.09. The SMILES string of the molecule is NCC(N(Cc1ccccc1)C1CC1)C(F)(F)F. The monoisotopic (exact) mass is 258 g/mol. The summed E-state index contributed by atoms with van der Waals surface area (Å²) in [5.41, 5.74) is 6.21. The Morgan fingerprint density at radius 3 is 2.28 bits per heavy atom. The fourth-order valence-corrected chi connectivity index (χ4v) is 2.15. The Hall–Kier alpha value is -1.07. The van der Waals surface area contributed by atoms with Crippen molar-refractivity contribution in [2.75, 3.05) is 6.54 Å². The molecular weight excluding hydrogens is 241 g/mol. The van der Waals surface area contributed by atoms with Gasteiger partial charge in [-0.15, -0.1) is 0 Å². The third-order valence-corrected chi connectivity index (χ3v) is 3.23. The molecule has 0 aromatic heterocycles. The summed E-state index contributed by atoms with van der Waals surface area (Å²) in [5, 5.41) is 0. The normalized spacial score (nSPS) is 18.1. The molecule has 0 amide bonds. The predicted octanol–water partition coefficient (Wildman–Crippen LogP) is 2.54. The van der Waals surface area contributed by atoms with Gasteiger partial charge in [0.15, 0.2) is 0 Å². The summed E-state index contributed by atoms with van der Waals surface area (Å²) in [6.07, 6.45) is -2.59. The molecule has 1 saturated carbocycles. The molecule has 0 heterocycles. The average Bonchev–Trinajstić information content (AvgIpc) is 3.12. The molecule has 1 unspecified atom stereocenters. The molecular formula is C13H17F3N2. The second-order valence-electron chi connectivity index (χ2n) is 4.68. The van der Waals surface area contributed by atoms with Crippen LogP contribution in [-0.2, 0) is 6.54 Å². The van der Waals surface area contributed by atoms with Crippen molar-refractivity contribution in [1.29, 1.82) is 0 Å². The van der Waals surface area contributed by atoms with Crippen LogP contribution < -0.4 is 5.73 Å². The van der Waals surface area contributed by atoms with Crippen LogP contribution in [0, 0.1) is 0 Å². The standard InChI is InChI=1S/C13H17F3N2/c14-13(15,16)12(8-17)18(11-6-7-11)9-10-4-2-1-3-5-10/h1-5,11-12H,6-9,17H2. The number of nitrogens with two attached hydrogens (primary N) is 1. The van der Waals surface area contributed by atoms with Crippen LogP contribution in [0.1, 0.15) is 18.4 Å². The first-order chi connectivity index (χ1) is 8.52. The molecule has 2 N–H and O–H groups in total. The van der Waals surface area contributed by atoms with E-state index in [1.54, 1.807) is 0 Å². The molecule has 0 saturated heterocycles. The Balaban J connectivity index is 2.13. The number of hydrogen-bond acceptors (Lipinski definition) is 2. The lowest BCUT2D eigenvalue weighted by Crippen LogP contribution is -2.50. The van der Waals surface area contributed by atoms with Crippen molar-refractivity contribution in [2.45, 2.75) is 37.6 Å². The highest BCUT2D eigenvalue weighted by Gasteiger charge is 2.47. The van der Waals surface area contributed by atoms with E-state index < -0.39 is 12.2 Å². The van der Waals surface area contributed by atoms with Crippen molar-refractivity contribution in [1.82, 2.24) is 4.90 Å². The van der Waals surface area contributed by atoms with Crippen LogP contribution in [0.2, 0.25) is 0 Å². The van der Waals surface area contributed by atoms with Gasteiger partial charge < -0.3 is 5.73 Å². The van der Waals surface area contributed by atoms with Crippen LogP contribution >= 0.6 is 0 Å². The van der Waals surface area contributed by atoms with Crippen molar-refractivity contribution in [2.24, 2.45) is 5.73 Å². The van der Waals surface area contributed by atoms with Crippen LogP contribution in [-0.4, -0.2) is 29.7 Å². The summed E-state index contributed by atoms with van der Waals surface area (Å²) in [6.45, 7) is -0.0697. The van der Waals surface area contributed by atoms with Crippen molar-refractivity contribution in [3.05, 3.63) is 35.9 Å². The molecule has 1 atom stereocenters. The maximum atomic E-state index is 12.9. The van der Waals surface area contributed by atoms with Gasteiger partial charge >= 0.3 is 6.18 Å². The molecule has 2 rings (SSSR count). The van der Waals surface area contributed by atoms with Gasteiger partial charge in [-0.05, 0) is 18.4 Å². The smallest absolute Gasteiger partial charge is 0.329 e. The summed E-state index contributed by atoms with van der Waals surface area (Å²) in [4.78, 5) is 1.50. The number of alkyl halides is 3. The molecule has 1 aromatic carbocycles. The van der Waals surface area contributed by atoms with Gasteiger partial charge in [0.25, 0.3) is 0 Å². The number of hydrogen-bond donors (Lipinski definition) is 1. The van der Waals surface area contributed by atoms with E-state index in [4.69, 9.17) is 5.73 Å². The lowest BCUT2D eigenvalue weighted by atomic mass is 10.1. The van der Waals surface area contributed by atoms with Gasteiger partial charge in [0, 0.05) is 19.1 Å². The lowest BCUT2D eigenvalue weighted by Gasteiger charge is -2.32. The Labute approximate surface area is 105 Å². The number of halogens is 3. The van der Waals surface area contributed by atoms with Gasteiger partial charge in [-0.1, -0.05) is 30.3 Å². The molecule has 5 heteroatoms. The second kappa shape index (κ2) is 5.28. The van der Waals surface area contributed by atoms with Crippen LogP contribution in [0.5, 0.6) is 0 Å². The Morgan fingerprint density at radius 1 is 1.22 bits per heavy atom. The third kappa shape index (κ3) is 3.23. The van der Waals surface area contributed by atoms with Gasteiger partial charge in [-0.25, -0.2) is 0 Å². The van der Waals surface area contributed by atoms with E-state index in [9.17, 15) is 13.2 Å². The highest BCUT2D eigenvalue weighted by Crippen LogP contribution is 2.35. The van der Waals surface area contributed by atoms with E-state index in [0.717, 1.165) is 18.4 Å². The van der Waals surface area contributed by atoms with Gasteiger partial charge in [-0.2, -0.15) is 13.2 Å². The number of rotatable bonds is 5. The molecule has 1 aliphatic rings. The largest absolute Gasteiger partial charge is 0.405 e. The Kier molecular flexibility index (Phi) is 3.92. The summed E-state index contributed by atoms with van der Waals surface area (Å²) in [6, 6.07) is 7.72. The van der Waals surface area contributed by atoms with E-state index in [-0.39, 0.29) is 12.6 Å². The van der Waals surface area contributed by atoms with Crippen molar-refractivity contribution in [3.63, 3.8) is 0 Å². The number of nitrogens with zero attached hydrogens (tertiary/aromatic N) is 1. The molecule has 0 bridgehead atoms. The van der Waals surface area contributed by atoms with Crippen LogP contribution in [0.25, 0.3) is 0 Å². The highest BCUT2D eigenvalue weighted by molar-refractivity contribution is 5.15. The van der Waals surface area contributed by atoms with Crippen molar-refractivity contribution < 1.29 is 13.2 Å². The van der Waals surface area contributed by atoms with Crippen LogP contribution in [0.4, 0.5) is 13.2 Å². The fraction of sp³-hybridized carbons (Fsp3) is 0.538. The molecule has 100 valence electrons. The summed E-state index contributed by atoms with van der Waals surface area (Å²) >= 11 is 0. The minimum Gasteiger partial charge on any atom is -0.329 e. The van der Waals surface area contributed by atoms with Crippen LogP contribution in [0.15, 0.2) is 30.3 Å². The maximum Gasteiger partial charge on any atom is 0.405 e. The van der Waals surface area contributed by atoms with Crippen molar-refractivity contribution >= 4 is 0 Å². The molecule has 1 aromatic rings. The molecule has 18 heavy (non-hydrogen) atoms. The van der Waals surface area contributed by atoms with E-state index >= 15 is 0 Å². The second-order valence-corrected chi connectivity index (χ2v) is 4.68. The fourth-order valence-electron chi connectivity index (χ4n) is 2.15. The third-order valence-electron chi connectivity index (χ3n) is 3.23. The van der Waals surface area contributed by atoms with Gasteiger partial charge in [0.05, 0.1) is 0 Å². The molecule has 0 radical (unpaired) electrons. The first-order valence-corrected chi connectivity index (χ1v) is 6.09. The summed E-state index contributed by atoms with van der Waals surface area (Å²) in [5.74, 6) is 0. The topological polar surface area (TPSA) is 29.3 Å². The summed E-state index contributed by atoms with van der Waals surface area (Å²) in [7, 11) is 0. The van der Waals surface area contributed by atoms with Gasteiger partial charge in [0.2, 0.25) is 0 Å². The van der Waals surface area contributed by atoms with Gasteiger partial charge in [0.1, 0.15) is 6.04 Å².